The molecule has 1 aliphatic carbocycles. The summed E-state index contributed by atoms with van der Waals surface area (Å²) in [6, 6.07) is 17.4. The first-order chi connectivity index (χ1) is 12.2. The van der Waals surface area contributed by atoms with Crippen LogP contribution in [-0.2, 0) is 0 Å². The van der Waals surface area contributed by atoms with Gasteiger partial charge in [0.05, 0.1) is 0 Å². The highest BCUT2D eigenvalue weighted by molar-refractivity contribution is 5.74. The van der Waals surface area contributed by atoms with E-state index < -0.39 is 0 Å². The summed E-state index contributed by atoms with van der Waals surface area (Å²) >= 11 is 0. The van der Waals surface area contributed by atoms with Gasteiger partial charge in [-0.25, -0.2) is 0 Å². The van der Waals surface area contributed by atoms with Crippen LogP contribution in [0.4, 0.5) is 0 Å². The van der Waals surface area contributed by atoms with Gasteiger partial charge in [0.25, 0.3) is 0 Å². The van der Waals surface area contributed by atoms with Gasteiger partial charge in [0, 0.05) is 11.1 Å². The van der Waals surface area contributed by atoms with Crippen molar-refractivity contribution in [2.24, 2.45) is 0 Å². The standard InChI is InChI=1S/C25H26/c1-4-22(13-12-21-9-7-8-19(2)18-21)20(3)23-14-16-25(17-15-23)24-10-5-6-11-24/h4,7-9,14-18,24H,1,5-6,10-11H2,2-3H3/b22-20-. The molecule has 0 radical (unpaired) electrons. The summed E-state index contributed by atoms with van der Waals surface area (Å²) in [5.74, 6) is 7.32. The minimum Gasteiger partial charge on any atom is -0.0978 e. The van der Waals surface area contributed by atoms with E-state index in [1.54, 1.807) is 0 Å². The molecule has 0 atom stereocenters. The van der Waals surface area contributed by atoms with Crippen LogP contribution in [0.2, 0.25) is 0 Å². The number of allylic oxidation sites excluding steroid dienone is 3. The molecular weight excluding hydrogens is 300 g/mol. The number of benzene rings is 2. The SMILES string of the molecule is C=C/C(C#Cc1cccc(C)c1)=C(\C)c1ccc(C2CCCC2)cc1. The van der Waals surface area contributed by atoms with Crippen LogP contribution in [0.3, 0.4) is 0 Å². The van der Waals surface area contributed by atoms with Gasteiger partial charge in [-0.3, -0.25) is 0 Å². The fourth-order valence-electron chi connectivity index (χ4n) is 3.58. The molecule has 0 spiro atoms. The van der Waals surface area contributed by atoms with E-state index in [0.29, 0.717) is 0 Å². The van der Waals surface area contributed by atoms with Crippen LogP contribution in [-0.4, -0.2) is 0 Å². The van der Waals surface area contributed by atoms with Crippen LogP contribution in [0.5, 0.6) is 0 Å². The zero-order valence-corrected chi connectivity index (χ0v) is 15.3. The Bertz CT molecular complexity index is 832. The van der Waals surface area contributed by atoms with Crippen molar-refractivity contribution in [3.05, 3.63) is 89.0 Å². The van der Waals surface area contributed by atoms with Gasteiger partial charge in [0.2, 0.25) is 0 Å². The Kier molecular flexibility index (Phi) is 5.56. The Hall–Kier alpha value is -2.52. The van der Waals surface area contributed by atoms with E-state index in [2.05, 4.69) is 68.7 Å². The van der Waals surface area contributed by atoms with E-state index in [9.17, 15) is 0 Å². The van der Waals surface area contributed by atoms with Crippen molar-refractivity contribution in [3.8, 4) is 11.8 Å². The number of rotatable bonds is 3. The first-order valence-corrected chi connectivity index (χ1v) is 9.19. The van der Waals surface area contributed by atoms with Crippen molar-refractivity contribution in [2.45, 2.75) is 45.4 Å². The van der Waals surface area contributed by atoms with Gasteiger partial charge in [-0.1, -0.05) is 73.7 Å². The largest absolute Gasteiger partial charge is 0.0978 e. The first-order valence-electron chi connectivity index (χ1n) is 9.19. The van der Waals surface area contributed by atoms with Crippen LogP contribution < -0.4 is 0 Å². The summed E-state index contributed by atoms with van der Waals surface area (Å²) in [6.45, 7) is 8.18. The molecule has 0 heterocycles. The Morgan fingerprint density at radius 1 is 1.08 bits per heavy atom. The van der Waals surface area contributed by atoms with E-state index in [1.165, 1.54) is 47.9 Å². The first kappa shape index (κ1) is 17.3. The maximum absolute atomic E-state index is 3.96. The minimum absolute atomic E-state index is 0.762. The summed E-state index contributed by atoms with van der Waals surface area (Å²) in [4.78, 5) is 0. The zero-order chi connectivity index (χ0) is 17.6. The summed E-state index contributed by atoms with van der Waals surface area (Å²) in [5.41, 5.74) is 7.18. The van der Waals surface area contributed by atoms with Gasteiger partial charge in [0.15, 0.2) is 0 Å². The van der Waals surface area contributed by atoms with Crippen LogP contribution in [0.25, 0.3) is 5.57 Å². The molecule has 0 amide bonds. The molecule has 0 nitrogen and oxygen atoms in total. The monoisotopic (exact) mass is 326 g/mol. The normalized spacial score (nSPS) is 15.3. The fraction of sp³-hybridized carbons (Fsp3) is 0.280. The molecule has 0 bridgehead atoms. The third-order valence-corrected chi connectivity index (χ3v) is 5.14. The van der Waals surface area contributed by atoms with Crippen molar-refractivity contribution >= 4 is 5.57 Å². The molecule has 2 aromatic rings. The highest BCUT2D eigenvalue weighted by Crippen LogP contribution is 2.34. The Morgan fingerprint density at radius 2 is 1.80 bits per heavy atom. The Balaban J connectivity index is 1.85. The van der Waals surface area contributed by atoms with Crippen molar-refractivity contribution < 1.29 is 0 Å². The van der Waals surface area contributed by atoms with E-state index in [-0.39, 0.29) is 0 Å². The van der Waals surface area contributed by atoms with Crippen LogP contribution in [0, 0.1) is 18.8 Å². The molecular formula is C25H26. The predicted molar refractivity (Wildman–Crippen MR) is 108 cm³/mol. The fourth-order valence-corrected chi connectivity index (χ4v) is 3.58. The molecule has 0 unspecified atom stereocenters. The molecule has 0 aromatic heterocycles. The predicted octanol–water partition coefficient (Wildman–Crippen LogP) is 6.66. The molecule has 0 saturated heterocycles. The Morgan fingerprint density at radius 3 is 2.44 bits per heavy atom. The second-order valence-corrected chi connectivity index (χ2v) is 6.97. The second-order valence-electron chi connectivity index (χ2n) is 6.97. The van der Waals surface area contributed by atoms with Crippen molar-refractivity contribution in [3.63, 3.8) is 0 Å². The lowest BCUT2D eigenvalue weighted by atomic mass is 9.94. The average Bonchev–Trinajstić information content (AvgIpc) is 3.17. The molecule has 0 aliphatic heterocycles. The van der Waals surface area contributed by atoms with Crippen molar-refractivity contribution in [2.75, 3.05) is 0 Å². The van der Waals surface area contributed by atoms with Crippen molar-refractivity contribution in [1.82, 2.24) is 0 Å². The second kappa shape index (κ2) is 8.04. The minimum atomic E-state index is 0.762. The molecule has 1 saturated carbocycles. The lowest BCUT2D eigenvalue weighted by molar-refractivity contribution is 0.723. The van der Waals surface area contributed by atoms with Gasteiger partial charge in [-0.2, -0.15) is 0 Å². The van der Waals surface area contributed by atoms with Gasteiger partial charge in [0.1, 0.15) is 0 Å². The molecule has 25 heavy (non-hydrogen) atoms. The van der Waals surface area contributed by atoms with E-state index in [1.807, 2.05) is 18.2 Å². The molecule has 1 aliphatic rings. The maximum Gasteiger partial charge on any atom is 0.0278 e. The quantitative estimate of drug-likeness (QED) is 0.437. The number of hydrogen-bond donors (Lipinski definition) is 0. The lowest BCUT2D eigenvalue weighted by Gasteiger charge is -2.11. The molecule has 0 heteroatoms. The highest BCUT2D eigenvalue weighted by atomic mass is 14.2. The lowest BCUT2D eigenvalue weighted by Crippen LogP contribution is -1.93. The molecule has 2 aromatic carbocycles. The van der Waals surface area contributed by atoms with Gasteiger partial charge >= 0.3 is 0 Å². The number of hydrogen-bond acceptors (Lipinski definition) is 0. The maximum atomic E-state index is 3.96. The van der Waals surface area contributed by atoms with Crippen LogP contribution in [0.15, 0.2) is 66.8 Å². The van der Waals surface area contributed by atoms with Crippen molar-refractivity contribution in [1.29, 1.82) is 0 Å². The van der Waals surface area contributed by atoms with Gasteiger partial charge in [-0.05, 0) is 67.0 Å². The smallest absolute Gasteiger partial charge is 0.0278 e. The van der Waals surface area contributed by atoms with Gasteiger partial charge in [-0.15, -0.1) is 0 Å². The summed E-state index contributed by atoms with van der Waals surface area (Å²) in [6.07, 6.45) is 7.30. The zero-order valence-electron chi connectivity index (χ0n) is 15.3. The third-order valence-electron chi connectivity index (χ3n) is 5.14. The Labute approximate surface area is 152 Å². The average molecular weight is 326 g/mol. The summed E-state index contributed by atoms with van der Waals surface area (Å²) in [7, 11) is 0. The summed E-state index contributed by atoms with van der Waals surface area (Å²) in [5, 5.41) is 0. The van der Waals surface area contributed by atoms with E-state index in [4.69, 9.17) is 0 Å². The third kappa shape index (κ3) is 4.31. The molecule has 0 N–H and O–H groups in total. The molecule has 126 valence electrons. The van der Waals surface area contributed by atoms with E-state index >= 15 is 0 Å². The van der Waals surface area contributed by atoms with Gasteiger partial charge < -0.3 is 0 Å². The highest BCUT2D eigenvalue weighted by Gasteiger charge is 2.16. The topological polar surface area (TPSA) is 0 Å². The molecule has 1 fully saturated rings. The number of aryl methyl sites for hydroxylation is 1. The van der Waals surface area contributed by atoms with Crippen LogP contribution in [0.1, 0.15) is 60.8 Å². The van der Waals surface area contributed by atoms with E-state index in [0.717, 1.165) is 17.1 Å². The molecule has 3 rings (SSSR count). The summed E-state index contributed by atoms with van der Waals surface area (Å²) < 4.78 is 0. The van der Waals surface area contributed by atoms with Crippen LogP contribution >= 0.6 is 0 Å².